The maximum absolute atomic E-state index is 12.3. The van der Waals surface area contributed by atoms with Gasteiger partial charge < -0.3 is 19.5 Å². The molecule has 0 heterocycles. The number of hydrogen-bond acceptors (Lipinski definition) is 8. The molecule has 0 radical (unpaired) electrons. The van der Waals surface area contributed by atoms with Crippen LogP contribution < -0.4 is 10.1 Å². The monoisotopic (exact) mass is 464 g/mol. The Hall–Kier alpha value is -3.44. The first-order chi connectivity index (χ1) is 15.0. The standard InChI is InChI=1S/C21H24N2O8S/c1-23(32(4,27)28)12-14-5-8-16(9-6-14)31-13-19(24)22-18-11-15(20(25)29-2)7-10-17(18)21(26)30-3/h5-11H,12-13H2,1-4H3,(H,22,24). The van der Waals surface area contributed by atoms with Crippen LogP contribution in [-0.4, -0.2) is 64.7 Å². The molecule has 10 nitrogen and oxygen atoms in total. The number of rotatable bonds is 9. The zero-order valence-corrected chi connectivity index (χ0v) is 18.9. The predicted molar refractivity (Wildman–Crippen MR) is 116 cm³/mol. The molecule has 11 heteroatoms. The lowest BCUT2D eigenvalue weighted by Crippen LogP contribution is -2.24. The second kappa shape index (κ2) is 10.7. The van der Waals surface area contributed by atoms with Crippen LogP contribution in [0.3, 0.4) is 0 Å². The number of hydrogen-bond donors (Lipinski definition) is 1. The van der Waals surface area contributed by atoms with Crippen LogP contribution in [0.5, 0.6) is 5.75 Å². The smallest absolute Gasteiger partial charge is 0.339 e. The highest BCUT2D eigenvalue weighted by Crippen LogP contribution is 2.20. The molecular weight excluding hydrogens is 440 g/mol. The van der Waals surface area contributed by atoms with Crippen molar-refractivity contribution in [2.45, 2.75) is 6.54 Å². The fraction of sp³-hybridized carbons (Fsp3) is 0.286. The minimum Gasteiger partial charge on any atom is -0.484 e. The Kier molecular flexibility index (Phi) is 8.33. The van der Waals surface area contributed by atoms with E-state index in [2.05, 4.69) is 10.1 Å². The Morgan fingerprint density at radius 3 is 2.16 bits per heavy atom. The molecule has 1 amide bonds. The van der Waals surface area contributed by atoms with E-state index in [1.54, 1.807) is 24.3 Å². The summed E-state index contributed by atoms with van der Waals surface area (Å²) in [5.41, 5.74) is 1.03. The summed E-state index contributed by atoms with van der Waals surface area (Å²) in [5.74, 6) is -1.50. The number of anilines is 1. The number of sulfonamides is 1. The minimum absolute atomic E-state index is 0.0628. The van der Waals surface area contributed by atoms with Crippen LogP contribution >= 0.6 is 0 Å². The first kappa shape index (κ1) is 24.8. The molecule has 0 spiro atoms. The van der Waals surface area contributed by atoms with Crippen LogP contribution in [0.25, 0.3) is 0 Å². The number of esters is 2. The van der Waals surface area contributed by atoms with Gasteiger partial charge in [-0.15, -0.1) is 0 Å². The molecule has 2 aromatic carbocycles. The van der Waals surface area contributed by atoms with Crippen molar-refractivity contribution in [3.63, 3.8) is 0 Å². The highest BCUT2D eigenvalue weighted by molar-refractivity contribution is 7.88. The van der Waals surface area contributed by atoms with Crippen LogP contribution in [0.1, 0.15) is 26.3 Å². The number of carbonyl (C=O) groups is 3. The Morgan fingerprint density at radius 1 is 0.969 bits per heavy atom. The van der Waals surface area contributed by atoms with Crippen molar-refractivity contribution in [1.82, 2.24) is 4.31 Å². The maximum atomic E-state index is 12.3. The van der Waals surface area contributed by atoms with Gasteiger partial charge in [0.05, 0.1) is 37.3 Å². The molecule has 2 aromatic rings. The molecule has 0 aliphatic carbocycles. The van der Waals surface area contributed by atoms with E-state index in [1.807, 2.05) is 0 Å². The first-order valence-corrected chi connectivity index (χ1v) is 11.1. The number of amides is 1. The lowest BCUT2D eigenvalue weighted by atomic mass is 10.1. The van der Waals surface area contributed by atoms with Crippen molar-refractivity contribution >= 4 is 33.6 Å². The summed E-state index contributed by atoms with van der Waals surface area (Å²) in [6.45, 7) is -0.169. The number of nitrogens with one attached hydrogen (secondary N) is 1. The van der Waals surface area contributed by atoms with E-state index in [9.17, 15) is 22.8 Å². The summed E-state index contributed by atoms with van der Waals surface area (Å²) in [4.78, 5) is 36.0. The fourth-order valence-electron chi connectivity index (χ4n) is 2.58. The molecular formula is C21H24N2O8S. The number of benzene rings is 2. The van der Waals surface area contributed by atoms with E-state index in [-0.39, 0.29) is 30.0 Å². The summed E-state index contributed by atoms with van der Waals surface area (Å²) in [7, 11) is 0.589. The van der Waals surface area contributed by atoms with E-state index in [4.69, 9.17) is 9.47 Å². The third kappa shape index (κ3) is 6.79. The molecule has 0 atom stereocenters. The second-order valence-corrected chi connectivity index (χ2v) is 8.83. The zero-order chi connectivity index (χ0) is 23.9. The second-order valence-electron chi connectivity index (χ2n) is 6.74. The van der Waals surface area contributed by atoms with E-state index in [0.717, 1.165) is 11.8 Å². The average Bonchev–Trinajstić information content (AvgIpc) is 2.76. The fourth-order valence-corrected chi connectivity index (χ4v) is 2.96. The highest BCUT2D eigenvalue weighted by Gasteiger charge is 2.18. The van der Waals surface area contributed by atoms with Crippen LogP contribution in [0.2, 0.25) is 0 Å². The predicted octanol–water partition coefficient (Wildman–Crippen LogP) is 1.67. The van der Waals surface area contributed by atoms with Gasteiger partial charge in [0.25, 0.3) is 5.91 Å². The van der Waals surface area contributed by atoms with E-state index >= 15 is 0 Å². The third-order valence-electron chi connectivity index (χ3n) is 4.38. The van der Waals surface area contributed by atoms with Gasteiger partial charge in [0, 0.05) is 13.6 Å². The van der Waals surface area contributed by atoms with E-state index < -0.39 is 27.9 Å². The van der Waals surface area contributed by atoms with Gasteiger partial charge in [-0.25, -0.2) is 22.3 Å². The molecule has 1 N–H and O–H groups in total. The molecule has 0 unspecified atom stereocenters. The van der Waals surface area contributed by atoms with Crippen LogP contribution in [-0.2, 0) is 30.8 Å². The summed E-state index contributed by atoms with van der Waals surface area (Å²) >= 11 is 0. The van der Waals surface area contributed by atoms with Crippen molar-refractivity contribution in [2.75, 3.05) is 39.4 Å². The molecule has 0 aromatic heterocycles. The minimum atomic E-state index is -3.30. The Morgan fingerprint density at radius 2 is 1.59 bits per heavy atom. The summed E-state index contributed by atoms with van der Waals surface area (Å²) in [6, 6.07) is 10.6. The van der Waals surface area contributed by atoms with Gasteiger partial charge in [0.2, 0.25) is 10.0 Å². The number of ether oxygens (including phenoxy) is 3. The van der Waals surface area contributed by atoms with E-state index in [1.165, 1.54) is 43.8 Å². The van der Waals surface area contributed by atoms with Crippen molar-refractivity contribution < 1.29 is 37.0 Å². The zero-order valence-electron chi connectivity index (χ0n) is 18.1. The lowest BCUT2D eigenvalue weighted by molar-refractivity contribution is -0.118. The SMILES string of the molecule is COC(=O)c1ccc(C(=O)OC)c(NC(=O)COc2ccc(CN(C)S(C)(=O)=O)cc2)c1. The molecule has 0 aliphatic rings. The van der Waals surface area contributed by atoms with Crippen molar-refractivity contribution in [1.29, 1.82) is 0 Å². The van der Waals surface area contributed by atoms with Crippen molar-refractivity contribution in [3.05, 3.63) is 59.2 Å². The summed E-state index contributed by atoms with van der Waals surface area (Å²) in [5, 5.41) is 2.52. The van der Waals surface area contributed by atoms with Crippen LogP contribution in [0.4, 0.5) is 5.69 Å². The van der Waals surface area contributed by atoms with Gasteiger partial charge in [0.1, 0.15) is 5.75 Å². The number of nitrogens with zero attached hydrogens (tertiary/aromatic N) is 1. The molecule has 32 heavy (non-hydrogen) atoms. The van der Waals surface area contributed by atoms with Gasteiger partial charge in [-0.05, 0) is 35.9 Å². The van der Waals surface area contributed by atoms with Crippen molar-refractivity contribution in [3.8, 4) is 5.75 Å². The molecule has 0 saturated carbocycles. The molecule has 2 rings (SSSR count). The molecule has 0 saturated heterocycles. The molecule has 172 valence electrons. The molecule has 0 fully saturated rings. The Balaban J connectivity index is 2.05. The van der Waals surface area contributed by atoms with Crippen molar-refractivity contribution in [2.24, 2.45) is 0 Å². The Bertz CT molecular complexity index is 1100. The topological polar surface area (TPSA) is 128 Å². The van der Waals surface area contributed by atoms with Gasteiger partial charge in [0.15, 0.2) is 6.61 Å². The van der Waals surface area contributed by atoms with Gasteiger partial charge in [-0.1, -0.05) is 12.1 Å². The van der Waals surface area contributed by atoms with Crippen LogP contribution in [0, 0.1) is 0 Å². The van der Waals surface area contributed by atoms with E-state index in [0.29, 0.717) is 5.75 Å². The normalized spacial score (nSPS) is 11.0. The van der Waals surface area contributed by atoms with Crippen LogP contribution in [0.15, 0.2) is 42.5 Å². The average molecular weight is 464 g/mol. The maximum Gasteiger partial charge on any atom is 0.339 e. The highest BCUT2D eigenvalue weighted by atomic mass is 32.2. The van der Waals surface area contributed by atoms with Gasteiger partial charge >= 0.3 is 11.9 Å². The van der Waals surface area contributed by atoms with Gasteiger partial charge in [-0.3, -0.25) is 4.79 Å². The number of methoxy groups -OCH3 is 2. The van der Waals surface area contributed by atoms with Gasteiger partial charge in [-0.2, -0.15) is 0 Å². The molecule has 0 aliphatic heterocycles. The third-order valence-corrected chi connectivity index (χ3v) is 5.65. The summed E-state index contributed by atoms with van der Waals surface area (Å²) in [6.07, 6.45) is 1.12. The number of carbonyl (C=O) groups excluding carboxylic acids is 3. The quantitative estimate of drug-likeness (QED) is 0.555. The summed E-state index contributed by atoms with van der Waals surface area (Å²) < 4.78 is 39.0. The first-order valence-electron chi connectivity index (χ1n) is 9.28. The Labute approximate surface area is 186 Å². The lowest BCUT2D eigenvalue weighted by Gasteiger charge is -2.14. The largest absolute Gasteiger partial charge is 0.484 e. The molecule has 0 bridgehead atoms.